The van der Waals surface area contributed by atoms with E-state index in [1.54, 1.807) is 0 Å². The lowest BCUT2D eigenvalue weighted by Crippen LogP contribution is -2.51. The molecule has 0 aliphatic heterocycles. The monoisotopic (exact) mass is 169 g/mol. The van der Waals surface area contributed by atoms with E-state index in [1.165, 1.54) is 0 Å². The number of rotatable bonds is 2. The Bertz CT molecular complexity index is 209. The van der Waals surface area contributed by atoms with Crippen LogP contribution in [-0.4, -0.2) is 18.1 Å². The van der Waals surface area contributed by atoms with Crippen molar-refractivity contribution in [1.29, 1.82) is 0 Å². The van der Waals surface area contributed by atoms with E-state index >= 15 is 0 Å². The van der Waals surface area contributed by atoms with Crippen LogP contribution in [0, 0.1) is 11.8 Å². The normalized spacial score (nSPS) is 43.8. The average molecular weight is 169 g/mol. The molecule has 0 aromatic heterocycles. The molecule has 3 nitrogen and oxygen atoms in total. The van der Waals surface area contributed by atoms with Crippen LogP contribution in [0.25, 0.3) is 0 Å². The van der Waals surface area contributed by atoms with Gasteiger partial charge in [-0.05, 0) is 32.1 Å². The van der Waals surface area contributed by atoms with Gasteiger partial charge >= 0.3 is 5.97 Å². The first-order valence-corrected chi connectivity index (χ1v) is 4.61. The number of fused-ring (bicyclic) bond motifs is 1. The summed E-state index contributed by atoms with van der Waals surface area (Å²) >= 11 is 0. The third kappa shape index (κ3) is 0.959. The summed E-state index contributed by atoms with van der Waals surface area (Å²) in [7, 11) is 0. The molecule has 0 radical (unpaired) electrons. The van der Waals surface area contributed by atoms with Gasteiger partial charge < -0.3 is 10.5 Å². The molecule has 0 aromatic carbocycles. The molecule has 68 valence electrons. The Hall–Kier alpha value is -0.570. The largest absolute Gasteiger partial charge is 0.466 e. The van der Waals surface area contributed by atoms with Crippen LogP contribution in [0.15, 0.2) is 0 Å². The predicted molar refractivity (Wildman–Crippen MR) is 44.4 cm³/mol. The molecule has 0 spiro atoms. The fraction of sp³-hybridized carbons (Fsp3) is 0.889. The van der Waals surface area contributed by atoms with Crippen LogP contribution in [0.2, 0.25) is 0 Å². The maximum absolute atomic E-state index is 11.4. The van der Waals surface area contributed by atoms with Gasteiger partial charge in [-0.15, -0.1) is 0 Å². The summed E-state index contributed by atoms with van der Waals surface area (Å²) in [6.07, 6.45) is 3.00. The number of nitrogens with two attached hydrogens (primary N) is 1. The predicted octanol–water partition coefficient (Wildman–Crippen LogP) is 0.677. The van der Waals surface area contributed by atoms with Crippen molar-refractivity contribution < 1.29 is 9.53 Å². The van der Waals surface area contributed by atoms with Gasteiger partial charge in [0.25, 0.3) is 0 Å². The van der Waals surface area contributed by atoms with Crippen LogP contribution in [0.4, 0.5) is 0 Å². The van der Waals surface area contributed by atoms with Crippen molar-refractivity contribution in [3.05, 3.63) is 0 Å². The minimum Gasteiger partial charge on any atom is -0.466 e. The Morgan fingerprint density at radius 2 is 2.33 bits per heavy atom. The lowest BCUT2D eigenvalue weighted by Gasteiger charge is -2.36. The molecule has 3 saturated carbocycles. The zero-order valence-electron chi connectivity index (χ0n) is 7.38. The second kappa shape index (κ2) is 2.46. The molecular weight excluding hydrogens is 154 g/mol. The minimum atomic E-state index is -0.198. The molecule has 0 aromatic rings. The Balaban J connectivity index is 2.01. The van der Waals surface area contributed by atoms with Gasteiger partial charge in [-0.2, -0.15) is 0 Å². The molecule has 2 N–H and O–H groups in total. The first kappa shape index (κ1) is 8.05. The summed E-state index contributed by atoms with van der Waals surface area (Å²) in [6, 6.07) is 0. The third-order valence-electron chi connectivity index (χ3n) is 3.17. The number of carbonyl (C=O) groups excluding carboxylic acids is 1. The molecule has 1 atom stereocenters. The van der Waals surface area contributed by atoms with E-state index in [4.69, 9.17) is 10.5 Å². The van der Waals surface area contributed by atoms with E-state index in [-0.39, 0.29) is 17.4 Å². The topological polar surface area (TPSA) is 52.3 Å². The average Bonchev–Trinajstić information content (AvgIpc) is 2.41. The Labute approximate surface area is 72.3 Å². The Kier molecular flexibility index (Phi) is 1.65. The Morgan fingerprint density at radius 3 is 2.75 bits per heavy atom. The molecule has 3 rings (SSSR count). The van der Waals surface area contributed by atoms with Crippen molar-refractivity contribution in [3.8, 4) is 0 Å². The van der Waals surface area contributed by atoms with Gasteiger partial charge in [0, 0.05) is 5.54 Å². The van der Waals surface area contributed by atoms with Crippen LogP contribution >= 0.6 is 0 Å². The smallest absolute Gasteiger partial charge is 0.310 e. The van der Waals surface area contributed by atoms with Gasteiger partial charge in [0.2, 0.25) is 0 Å². The highest BCUT2D eigenvalue weighted by Crippen LogP contribution is 2.54. The van der Waals surface area contributed by atoms with Gasteiger partial charge in [-0.25, -0.2) is 0 Å². The zero-order valence-corrected chi connectivity index (χ0v) is 7.38. The molecule has 1 unspecified atom stereocenters. The number of carbonyl (C=O) groups is 1. The van der Waals surface area contributed by atoms with Gasteiger partial charge in [-0.1, -0.05) is 0 Å². The molecule has 3 aliphatic rings. The molecule has 12 heavy (non-hydrogen) atoms. The second-order valence-corrected chi connectivity index (χ2v) is 4.05. The minimum absolute atomic E-state index is 0.0116. The molecular formula is C9H15NO2. The van der Waals surface area contributed by atoms with Gasteiger partial charge in [0.15, 0.2) is 0 Å². The van der Waals surface area contributed by atoms with Gasteiger partial charge in [-0.3, -0.25) is 4.79 Å². The van der Waals surface area contributed by atoms with Crippen LogP contribution < -0.4 is 5.73 Å². The number of ether oxygens (including phenoxy) is 1. The van der Waals surface area contributed by atoms with Crippen molar-refractivity contribution in [2.24, 2.45) is 17.6 Å². The number of esters is 1. The summed E-state index contributed by atoms with van der Waals surface area (Å²) in [5.41, 5.74) is 5.82. The fourth-order valence-electron chi connectivity index (χ4n) is 2.61. The van der Waals surface area contributed by atoms with Crippen molar-refractivity contribution in [2.75, 3.05) is 6.61 Å². The van der Waals surface area contributed by atoms with Crippen LogP contribution in [0.5, 0.6) is 0 Å². The highest BCUT2D eigenvalue weighted by molar-refractivity contribution is 5.75. The van der Waals surface area contributed by atoms with Crippen molar-refractivity contribution in [2.45, 2.75) is 31.7 Å². The lowest BCUT2D eigenvalue weighted by atomic mass is 9.75. The molecule has 3 fully saturated rings. The van der Waals surface area contributed by atoms with Crippen molar-refractivity contribution >= 4 is 5.97 Å². The summed E-state index contributed by atoms with van der Waals surface area (Å²) in [5.74, 6) is 0.604. The number of hydrogen-bond acceptors (Lipinski definition) is 3. The van der Waals surface area contributed by atoms with Gasteiger partial charge in [0.05, 0.1) is 12.5 Å². The van der Waals surface area contributed by atoms with Crippen molar-refractivity contribution in [3.63, 3.8) is 0 Å². The van der Waals surface area contributed by atoms with E-state index < -0.39 is 0 Å². The van der Waals surface area contributed by atoms with Crippen LogP contribution in [0.1, 0.15) is 26.2 Å². The molecule has 0 saturated heterocycles. The summed E-state index contributed by atoms with van der Waals surface area (Å²) < 4.78 is 4.97. The highest BCUT2D eigenvalue weighted by Gasteiger charge is 2.58. The lowest BCUT2D eigenvalue weighted by molar-refractivity contribution is -0.149. The van der Waals surface area contributed by atoms with Crippen LogP contribution in [-0.2, 0) is 9.53 Å². The van der Waals surface area contributed by atoms with E-state index in [0.717, 1.165) is 19.3 Å². The standard InChI is InChI=1S/C9H15NO2/c1-2-12-8(11)7-3-6-4-9(7,10)5-6/h6-7H,2-5,10H2,1H3. The summed E-state index contributed by atoms with van der Waals surface area (Å²) in [6.45, 7) is 2.30. The summed E-state index contributed by atoms with van der Waals surface area (Å²) in [4.78, 5) is 11.4. The molecule has 3 heteroatoms. The highest BCUT2D eigenvalue weighted by atomic mass is 16.5. The van der Waals surface area contributed by atoms with E-state index in [9.17, 15) is 4.79 Å². The quantitative estimate of drug-likeness (QED) is 0.618. The fourth-order valence-corrected chi connectivity index (χ4v) is 2.61. The Morgan fingerprint density at radius 1 is 1.67 bits per heavy atom. The van der Waals surface area contributed by atoms with E-state index in [0.29, 0.717) is 12.5 Å². The molecule has 3 aliphatic carbocycles. The summed E-state index contributed by atoms with van der Waals surface area (Å²) in [5, 5.41) is 0. The van der Waals surface area contributed by atoms with Crippen molar-refractivity contribution in [1.82, 2.24) is 0 Å². The third-order valence-corrected chi connectivity index (χ3v) is 3.17. The maximum atomic E-state index is 11.4. The SMILES string of the molecule is CCOC(=O)C1CC2CC1(N)C2. The molecule has 0 heterocycles. The maximum Gasteiger partial charge on any atom is 0.310 e. The zero-order chi connectivity index (χ0) is 8.77. The second-order valence-electron chi connectivity index (χ2n) is 4.05. The van der Waals surface area contributed by atoms with E-state index in [2.05, 4.69) is 0 Å². The first-order chi connectivity index (χ1) is 5.65. The molecule has 0 amide bonds. The number of hydrogen-bond donors (Lipinski definition) is 1. The van der Waals surface area contributed by atoms with E-state index in [1.807, 2.05) is 6.92 Å². The van der Waals surface area contributed by atoms with Gasteiger partial charge in [0.1, 0.15) is 0 Å². The van der Waals surface area contributed by atoms with Crippen LogP contribution in [0.3, 0.4) is 0 Å². The first-order valence-electron chi connectivity index (χ1n) is 4.61. The molecule has 2 bridgehead atoms.